The van der Waals surface area contributed by atoms with Gasteiger partial charge < -0.3 is 25.6 Å². The number of nitrogens with zero attached hydrogens (tertiary/aromatic N) is 1. The van der Waals surface area contributed by atoms with E-state index in [9.17, 15) is 9.59 Å². The lowest BCUT2D eigenvalue weighted by atomic mass is 9.70. The molecule has 7 heteroatoms. The molecule has 2 aromatic rings. The molecule has 2 aliphatic rings. The van der Waals surface area contributed by atoms with Crippen molar-refractivity contribution in [1.82, 2.24) is 10.2 Å². The van der Waals surface area contributed by atoms with Crippen molar-refractivity contribution in [2.75, 3.05) is 36.9 Å². The number of carbonyl (C=O) groups is 2. The summed E-state index contributed by atoms with van der Waals surface area (Å²) < 4.78 is 6.42. The van der Waals surface area contributed by atoms with E-state index in [1.54, 1.807) is 4.90 Å². The van der Waals surface area contributed by atoms with Crippen molar-refractivity contribution < 1.29 is 14.3 Å². The molecule has 0 aromatic heterocycles. The van der Waals surface area contributed by atoms with Gasteiger partial charge in [-0.1, -0.05) is 56.2 Å². The largest absolute Gasteiger partial charge is 0.376 e. The summed E-state index contributed by atoms with van der Waals surface area (Å²) in [5.74, 6) is 0.708. The lowest BCUT2D eigenvalue weighted by Crippen LogP contribution is -2.44. The lowest BCUT2D eigenvalue weighted by molar-refractivity contribution is -0.0494. The van der Waals surface area contributed by atoms with Crippen LogP contribution in [-0.4, -0.2) is 49.3 Å². The second kappa shape index (κ2) is 11.1. The molecular formula is C30H42N4O3. The topological polar surface area (TPSA) is 82.7 Å². The maximum absolute atomic E-state index is 13.1. The summed E-state index contributed by atoms with van der Waals surface area (Å²) >= 11 is 0. The van der Waals surface area contributed by atoms with E-state index in [1.807, 2.05) is 62.4 Å². The minimum Gasteiger partial charge on any atom is -0.376 e. The predicted octanol–water partition coefficient (Wildman–Crippen LogP) is 6.19. The summed E-state index contributed by atoms with van der Waals surface area (Å²) in [6.07, 6.45) is 3.80. The fourth-order valence-corrected chi connectivity index (χ4v) is 5.96. The van der Waals surface area contributed by atoms with Gasteiger partial charge in [0, 0.05) is 31.0 Å². The fourth-order valence-electron chi connectivity index (χ4n) is 5.96. The first-order valence-corrected chi connectivity index (χ1v) is 13.4. The third kappa shape index (κ3) is 6.09. The third-order valence-corrected chi connectivity index (χ3v) is 8.96. The summed E-state index contributed by atoms with van der Waals surface area (Å²) in [5, 5.41) is 8.67. The average Bonchev–Trinajstić information content (AvgIpc) is 3.19. The number of amides is 4. The predicted molar refractivity (Wildman–Crippen MR) is 149 cm³/mol. The minimum absolute atomic E-state index is 0.183. The monoisotopic (exact) mass is 506 g/mol. The maximum Gasteiger partial charge on any atom is 0.321 e. The Labute approximate surface area is 221 Å². The first-order valence-electron chi connectivity index (χ1n) is 13.4. The molecule has 2 aliphatic carbocycles. The van der Waals surface area contributed by atoms with Gasteiger partial charge in [0.2, 0.25) is 0 Å². The maximum atomic E-state index is 13.1. The Hall–Kier alpha value is -3.06. The van der Waals surface area contributed by atoms with E-state index in [0.717, 1.165) is 28.9 Å². The Kier molecular flexibility index (Phi) is 8.12. The molecule has 0 unspecified atom stereocenters. The number of urea groups is 2. The number of benzene rings is 2. The number of fused-ring (bicyclic) bond motifs is 2. The van der Waals surface area contributed by atoms with Crippen molar-refractivity contribution in [1.29, 1.82) is 0 Å². The minimum atomic E-state index is -0.295. The van der Waals surface area contributed by atoms with Crippen LogP contribution in [0.25, 0.3) is 0 Å². The molecule has 2 bridgehead atoms. The number of carbonyl (C=O) groups excluding carboxylic acids is 2. The molecule has 3 atom stereocenters. The molecule has 0 spiro atoms. The van der Waals surface area contributed by atoms with E-state index in [2.05, 4.69) is 36.7 Å². The fraction of sp³-hybridized carbons (Fsp3) is 0.533. The van der Waals surface area contributed by atoms with Gasteiger partial charge >= 0.3 is 12.1 Å². The van der Waals surface area contributed by atoms with E-state index in [4.69, 9.17) is 4.74 Å². The summed E-state index contributed by atoms with van der Waals surface area (Å²) in [7, 11) is 0. The Balaban J connectivity index is 1.31. The summed E-state index contributed by atoms with van der Waals surface area (Å²) in [4.78, 5) is 27.2. The SMILES string of the molecule is Cc1ccc(NC(=O)NCCN(CCO[C@@H]2C[C@H]3CC[C@@]2(C)C3(C)C)C(=O)Nc2ccc(C)cc2)cc1. The van der Waals surface area contributed by atoms with Crippen LogP contribution in [0, 0.1) is 30.6 Å². The van der Waals surface area contributed by atoms with Crippen LogP contribution >= 0.6 is 0 Å². The number of rotatable bonds is 9. The van der Waals surface area contributed by atoms with Crippen LogP contribution in [0.4, 0.5) is 21.0 Å². The molecule has 4 rings (SSSR count). The van der Waals surface area contributed by atoms with Crippen molar-refractivity contribution in [2.45, 2.75) is 60.0 Å². The molecule has 4 amide bonds. The quantitative estimate of drug-likeness (QED) is 0.379. The molecule has 37 heavy (non-hydrogen) atoms. The summed E-state index contributed by atoms with van der Waals surface area (Å²) in [6.45, 7) is 12.8. The number of nitrogens with one attached hydrogen (secondary N) is 3. The Morgan fingerprint density at radius 3 is 2.05 bits per heavy atom. The van der Waals surface area contributed by atoms with Crippen molar-refractivity contribution in [2.24, 2.45) is 16.7 Å². The highest BCUT2D eigenvalue weighted by molar-refractivity contribution is 5.90. The standard InChI is InChI=1S/C30H42N4O3/c1-21-6-10-24(11-7-21)32-27(35)31-16-17-34(28(36)33-25-12-8-22(2)9-13-25)18-19-37-26-20-23-14-15-30(26,5)29(23,3)4/h6-13,23,26H,14-20H2,1-5H3,(H,33,36)(H2,31,32,35)/t23-,26-,30-/m1/s1. The van der Waals surface area contributed by atoms with E-state index in [1.165, 1.54) is 12.8 Å². The second-order valence-electron chi connectivity index (χ2n) is 11.5. The van der Waals surface area contributed by atoms with Gasteiger partial charge in [-0.3, -0.25) is 0 Å². The summed E-state index contributed by atoms with van der Waals surface area (Å²) in [6, 6.07) is 14.9. The summed E-state index contributed by atoms with van der Waals surface area (Å²) in [5.41, 5.74) is 4.21. The zero-order valence-corrected chi connectivity index (χ0v) is 22.9. The molecule has 3 N–H and O–H groups in total. The van der Waals surface area contributed by atoms with Gasteiger partial charge in [-0.2, -0.15) is 0 Å². The van der Waals surface area contributed by atoms with Crippen molar-refractivity contribution in [3.63, 3.8) is 0 Å². The number of aryl methyl sites for hydroxylation is 2. The Morgan fingerprint density at radius 2 is 1.51 bits per heavy atom. The Bertz CT molecular complexity index is 1080. The van der Waals surface area contributed by atoms with Crippen molar-refractivity contribution >= 4 is 23.4 Å². The zero-order valence-electron chi connectivity index (χ0n) is 22.9. The average molecular weight is 507 g/mol. The van der Waals surface area contributed by atoms with Crippen LogP contribution in [0.3, 0.4) is 0 Å². The lowest BCUT2D eigenvalue weighted by Gasteiger charge is -2.39. The van der Waals surface area contributed by atoms with Crippen LogP contribution in [0.15, 0.2) is 48.5 Å². The van der Waals surface area contributed by atoms with Crippen LogP contribution < -0.4 is 16.0 Å². The van der Waals surface area contributed by atoms with Gasteiger partial charge in [0.05, 0.1) is 12.7 Å². The molecule has 0 saturated heterocycles. The zero-order chi connectivity index (χ0) is 26.6. The van der Waals surface area contributed by atoms with E-state index in [-0.39, 0.29) is 29.0 Å². The van der Waals surface area contributed by atoms with Gasteiger partial charge in [-0.15, -0.1) is 0 Å². The van der Waals surface area contributed by atoms with Crippen molar-refractivity contribution in [3.05, 3.63) is 59.7 Å². The van der Waals surface area contributed by atoms with E-state index < -0.39 is 0 Å². The third-order valence-electron chi connectivity index (χ3n) is 8.96. The molecule has 2 fully saturated rings. The van der Waals surface area contributed by atoms with E-state index in [0.29, 0.717) is 32.2 Å². The normalized spacial score (nSPS) is 23.5. The van der Waals surface area contributed by atoms with E-state index >= 15 is 0 Å². The number of hydrogen-bond acceptors (Lipinski definition) is 3. The molecular weight excluding hydrogens is 464 g/mol. The van der Waals surface area contributed by atoms with Gasteiger partial charge in [0.25, 0.3) is 0 Å². The van der Waals surface area contributed by atoms with Crippen LogP contribution in [-0.2, 0) is 4.74 Å². The highest BCUT2D eigenvalue weighted by atomic mass is 16.5. The number of anilines is 2. The number of hydrogen-bond donors (Lipinski definition) is 3. The Morgan fingerprint density at radius 1 is 0.919 bits per heavy atom. The number of ether oxygens (including phenoxy) is 1. The smallest absolute Gasteiger partial charge is 0.321 e. The first kappa shape index (κ1) is 27.0. The molecule has 200 valence electrons. The van der Waals surface area contributed by atoms with Crippen LogP contribution in [0.2, 0.25) is 0 Å². The van der Waals surface area contributed by atoms with Crippen LogP contribution in [0.5, 0.6) is 0 Å². The highest BCUT2D eigenvalue weighted by Gasteiger charge is 2.61. The van der Waals surface area contributed by atoms with Crippen LogP contribution in [0.1, 0.15) is 51.2 Å². The molecule has 2 aromatic carbocycles. The molecule has 0 heterocycles. The van der Waals surface area contributed by atoms with Gasteiger partial charge in [0.15, 0.2) is 0 Å². The molecule has 2 saturated carbocycles. The van der Waals surface area contributed by atoms with Crippen molar-refractivity contribution in [3.8, 4) is 0 Å². The van der Waals surface area contributed by atoms with Gasteiger partial charge in [-0.25, -0.2) is 9.59 Å². The highest BCUT2D eigenvalue weighted by Crippen LogP contribution is 2.66. The second-order valence-corrected chi connectivity index (χ2v) is 11.5. The molecule has 7 nitrogen and oxygen atoms in total. The molecule has 0 aliphatic heterocycles. The first-order chi connectivity index (χ1) is 17.6. The van der Waals surface area contributed by atoms with Gasteiger partial charge in [-0.05, 0) is 74.1 Å². The molecule has 0 radical (unpaired) electrons. The van der Waals surface area contributed by atoms with Gasteiger partial charge in [0.1, 0.15) is 0 Å².